The van der Waals surface area contributed by atoms with Crippen LogP contribution in [-0.2, 0) is 6.42 Å². The van der Waals surface area contributed by atoms with E-state index in [4.69, 9.17) is 9.73 Å². The van der Waals surface area contributed by atoms with E-state index in [1.54, 1.807) is 30.3 Å². The van der Waals surface area contributed by atoms with E-state index < -0.39 is 12.1 Å². The van der Waals surface area contributed by atoms with Crippen molar-refractivity contribution in [1.82, 2.24) is 10.2 Å². The maximum Gasteiger partial charge on any atom is 0.251 e. The Morgan fingerprint density at radius 3 is 2.45 bits per heavy atom. The highest BCUT2D eigenvalue weighted by atomic mass is 19.1. The van der Waals surface area contributed by atoms with Crippen LogP contribution in [0.5, 0.6) is 5.75 Å². The molecule has 0 unspecified atom stereocenters. The molecule has 0 spiro atoms. The third-order valence-corrected chi connectivity index (χ3v) is 7.18. The summed E-state index contributed by atoms with van der Waals surface area (Å²) in [6.45, 7) is 2.72. The molecule has 1 aliphatic carbocycles. The molecule has 0 radical (unpaired) electrons. The molecule has 6 nitrogen and oxygen atoms in total. The molecule has 4 aromatic rings. The molecule has 7 heteroatoms. The number of nitrogens with one attached hydrogen (secondary N) is 1. The third kappa shape index (κ3) is 6.21. The number of hydrogen-bond donors (Lipinski definition) is 2. The van der Waals surface area contributed by atoms with Crippen LogP contribution in [0.25, 0.3) is 11.1 Å². The summed E-state index contributed by atoms with van der Waals surface area (Å²) in [4.78, 5) is 19.8. The number of fused-ring (bicyclic) bond motifs is 1. The van der Waals surface area contributed by atoms with Crippen LogP contribution in [0.4, 0.5) is 10.1 Å². The number of amidine groups is 1. The average Bonchev–Trinajstić information content (AvgIpc) is 3.28. The van der Waals surface area contributed by atoms with Crippen LogP contribution < -0.4 is 10.1 Å². The standard InChI is InChI=1S/C33H32FN3O3/c1-22(37(2)18-19-40-31-11-7-6-10-29(31)34)35-27-17-16-26-20-30(38)32(28(26)21-27)36-33(39)25-14-12-24(13-15-25)23-8-4-3-5-9-23/h3-17,21,30,32,38H,18-20H2,1-2H3,(H,36,39)/t30-,32-/m1/s1. The van der Waals surface area contributed by atoms with E-state index in [0.717, 1.165) is 33.8 Å². The van der Waals surface area contributed by atoms with Gasteiger partial charge in [-0.2, -0.15) is 0 Å². The lowest BCUT2D eigenvalue weighted by Crippen LogP contribution is -2.33. The lowest BCUT2D eigenvalue weighted by molar-refractivity contribution is 0.0858. The molecule has 2 N–H and O–H groups in total. The zero-order chi connectivity index (χ0) is 28.1. The first-order valence-corrected chi connectivity index (χ1v) is 13.3. The molecule has 204 valence electrons. The van der Waals surface area contributed by atoms with Crippen LogP contribution in [0.1, 0.15) is 34.5 Å². The summed E-state index contributed by atoms with van der Waals surface area (Å²) >= 11 is 0. The Kier molecular flexibility index (Phi) is 8.22. The number of nitrogens with zero attached hydrogens (tertiary/aromatic N) is 2. The van der Waals surface area contributed by atoms with Crippen LogP contribution in [-0.4, -0.2) is 48.1 Å². The maximum atomic E-state index is 13.8. The molecule has 0 aliphatic heterocycles. The molecular weight excluding hydrogens is 505 g/mol. The van der Waals surface area contributed by atoms with E-state index in [1.165, 1.54) is 6.07 Å². The van der Waals surface area contributed by atoms with Gasteiger partial charge in [-0.3, -0.25) is 4.79 Å². The van der Waals surface area contributed by atoms with E-state index in [2.05, 4.69) is 5.32 Å². The minimum atomic E-state index is -0.721. The van der Waals surface area contributed by atoms with Crippen molar-refractivity contribution in [2.75, 3.05) is 20.2 Å². The Bertz CT molecular complexity index is 1510. The molecule has 0 saturated heterocycles. The highest BCUT2D eigenvalue weighted by Gasteiger charge is 2.32. The summed E-state index contributed by atoms with van der Waals surface area (Å²) in [5.41, 5.74) is 5.22. The van der Waals surface area contributed by atoms with Gasteiger partial charge in [-0.1, -0.05) is 60.7 Å². The van der Waals surface area contributed by atoms with Gasteiger partial charge < -0.3 is 20.1 Å². The summed E-state index contributed by atoms with van der Waals surface area (Å²) in [5, 5.41) is 13.8. The first-order valence-electron chi connectivity index (χ1n) is 13.3. The zero-order valence-electron chi connectivity index (χ0n) is 22.5. The van der Waals surface area contributed by atoms with Crippen molar-refractivity contribution in [3.8, 4) is 16.9 Å². The van der Waals surface area contributed by atoms with Gasteiger partial charge >= 0.3 is 0 Å². The Morgan fingerprint density at radius 2 is 1.70 bits per heavy atom. The molecule has 5 rings (SSSR count). The highest BCUT2D eigenvalue weighted by molar-refractivity contribution is 5.95. The predicted octanol–water partition coefficient (Wildman–Crippen LogP) is 5.94. The highest BCUT2D eigenvalue weighted by Crippen LogP contribution is 2.34. The van der Waals surface area contributed by atoms with Crippen LogP contribution in [0, 0.1) is 5.82 Å². The molecule has 0 heterocycles. The molecule has 2 atom stereocenters. The van der Waals surface area contributed by atoms with Crippen molar-refractivity contribution < 1.29 is 19.0 Å². The van der Waals surface area contributed by atoms with Gasteiger partial charge in [0.1, 0.15) is 12.4 Å². The topological polar surface area (TPSA) is 74.2 Å². The van der Waals surface area contributed by atoms with Gasteiger partial charge in [-0.15, -0.1) is 0 Å². The van der Waals surface area contributed by atoms with E-state index in [0.29, 0.717) is 25.1 Å². The number of hydrogen-bond acceptors (Lipinski definition) is 4. The van der Waals surface area contributed by atoms with Crippen molar-refractivity contribution in [2.24, 2.45) is 4.99 Å². The number of carbonyl (C=O) groups excluding carboxylic acids is 1. The first kappa shape index (κ1) is 27.1. The maximum absolute atomic E-state index is 13.8. The number of carbonyl (C=O) groups is 1. The van der Waals surface area contributed by atoms with Crippen molar-refractivity contribution in [3.05, 3.63) is 120 Å². The van der Waals surface area contributed by atoms with Crippen LogP contribution in [0.2, 0.25) is 0 Å². The van der Waals surface area contributed by atoms with Gasteiger partial charge in [0.25, 0.3) is 5.91 Å². The van der Waals surface area contributed by atoms with Crippen molar-refractivity contribution in [3.63, 3.8) is 0 Å². The number of aliphatic hydroxyl groups is 1. The molecule has 40 heavy (non-hydrogen) atoms. The summed E-state index contributed by atoms with van der Waals surface area (Å²) < 4.78 is 19.3. The minimum absolute atomic E-state index is 0.225. The molecule has 0 aromatic heterocycles. The van der Waals surface area contributed by atoms with Crippen LogP contribution in [0.3, 0.4) is 0 Å². The number of halogens is 1. The van der Waals surface area contributed by atoms with Crippen LogP contribution in [0.15, 0.2) is 102 Å². The minimum Gasteiger partial charge on any atom is -0.489 e. The normalized spacial score (nSPS) is 16.4. The van der Waals surface area contributed by atoms with Gasteiger partial charge in [0.05, 0.1) is 24.4 Å². The second-order valence-electron chi connectivity index (χ2n) is 9.91. The molecule has 4 aromatic carbocycles. The fourth-order valence-corrected chi connectivity index (χ4v) is 4.81. The lowest BCUT2D eigenvalue weighted by Gasteiger charge is -2.20. The van der Waals surface area contributed by atoms with E-state index in [9.17, 15) is 14.3 Å². The Balaban J connectivity index is 1.24. The van der Waals surface area contributed by atoms with Gasteiger partial charge in [-0.25, -0.2) is 9.38 Å². The number of rotatable bonds is 8. The van der Waals surface area contributed by atoms with Crippen molar-refractivity contribution in [2.45, 2.75) is 25.5 Å². The SMILES string of the molecule is CC(=Nc1ccc2c(c1)[C@@H](NC(=O)c1ccc(-c3ccccc3)cc1)[C@H](O)C2)N(C)CCOc1ccccc1F. The summed E-state index contributed by atoms with van der Waals surface area (Å²) in [7, 11) is 1.90. The van der Waals surface area contributed by atoms with Crippen LogP contribution >= 0.6 is 0 Å². The molecule has 0 bridgehead atoms. The predicted molar refractivity (Wildman–Crippen MR) is 156 cm³/mol. The van der Waals surface area contributed by atoms with Gasteiger partial charge in [0.2, 0.25) is 0 Å². The number of aliphatic imine (C=N–C) groups is 1. The second kappa shape index (κ2) is 12.1. The zero-order valence-corrected chi connectivity index (χ0v) is 22.5. The number of ether oxygens (including phenoxy) is 1. The van der Waals surface area contributed by atoms with E-state index >= 15 is 0 Å². The molecule has 0 saturated carbocycles. The molecule has 1 aliphatic rings. The largest absolute Gasteiger partial charge is 0.489 e. The number of para-hydroxylation sites is 1. The second-order valence-corrected chi connectivity index (χ2v) is 9.91. The average molecular weight is 538 g/mol. The van der Waals surface area contributed by atoms with Crippen molar-refractivity contribution in [1.29, 1.82) is 0 Å². The number of likely N-dealkylation sites (N-methyl/N-ethyl adjacent to an activating group) is 1. The number of amides is 1. The summed E-state index contributed by atoms with van der Waals surface area (Å²) in [5.74, 6) is 0.357. The summed E-state index contributed by atoms with van der Waals surface area (Å²) in [6.07, 6.45) is -0.259. The molecule has 1 amide bonds. The Morgan fingerprint density at radius 1 is 1.00 bits per heavy atom. The Hall–Kier alpha value is -4.49. The molecule has 0 fully saturated rings. The smallest absolute Gasteiger partial charge is 0.251 e. The fourth-order valence-electron chi connectivity index (χ4n) is 4.81. The monoisotopic (exact) mass is 537 g/mol. The fraction of sp³-hybridized carbons (Fsp3) is 0.212. The van der Waals surface area contributed by atoms with E-state index in [1.807, 2.05) is 79.5 Å². The van der Waals surface area contributed by atoms with Gasteiger partial charge in [-0.05, 0) is 65.6 Å². The van der Waals surface area contributed by atoms with Gasteiger partial charge in [0.15, 0.2) is 11.6 Å². The molecular formula is C33H32FN3O3. The number of benzene rings is 4. The number of aliphatic hydroxyl groups excluding tert-OH is 1. The first-order chi connectivity index (χ1) is 19.4. The van der Waals surface area contributed by atoms with Gasteiger partial charge in [0, 0.05) is 19.0 Å². The van der Waals surface area contributed by atoms with Crippen molar-refractivity contribution >= 4 is 17.4 Å². The quantitative estimate of drug-likeness (QED) is 0.216. The Labute approximate surface area is 233 Å². The third-order valence-electron chi connectivity index (χ3n) is 7.18. The summed E-state index contributed by atoms with van der Waals surface area (Å²) in [6, 6.07) is 29.0. The lowest BCUT2D eigenvalue weighted by atomic mass is 10.0. The van der Waals surface area contributed by atoms with E-state index in [-0.39, 0.29) is 17.5 Å².